The smallest absolute Gasteiger partial charge is 0.355 e. The van der Waals surface area contributed by atoms with Crippen LogP contribution in [0.2, 0.25) is 0 Å². The summed E-state index contributed by atoms with van der Waals surface area (Å²) in [6, 6.07) is 17.3. The molecule has 0 fully saturated rings. The van der Waals surface area contributed by atoms with Crippen molar-refractivity contribution in [1.82, 2.24) is 19.1 Å². The fourth-order valence-electron chi connectivity index (χ4n) is 3.64. The third kappa shape index (κ3) is 6.26. The molecular weight excluding hydrogens is 481 g/mol. The molecule has 0 amide bonds. The standard InChI is InChI=1S/C26H24FN5O5/c1-16-6-8-18(9-7-16)15-31-24(30-25(35)32(26(31)36)17(2)14-23(33)34)28-19-10-12-20(13-11-19)37-22-5-3-4-21(27)29-22/h3-13,17H,14-15H2,1-2H3,(H,33,34)(H,28,30,35)/t17-/m1/s1. The number of aromatic nitrogens is 4. The summed E-state index contributed by atoms with van der Waals surface area (Å²) < 4.78 is 21.0. The Balaban J connectivity index is 1.67. The number of pyridine rings is 1. The molecule has 1 atom stereocenters. The van der Waals surface area contributed by atoms with Crippen LogP contribution in [0.5, 0.6) is 11.6 Å². The van der Waals surface area contributed by atoms with Gasteiger partial charge >= 0.3 is 17.3 Å². The molecule has 0 aliphatic heterocycles. The highest BCUT2D eigenvalue weighted by atomic mass is 19.1. The van der Waals surface area contributed by atoms with Crippen molar-refractivity contribution < 1.29 is 19.0 Å². The Morgan fingerprint density at radius 1 is 1.05 bits per heavy atom. The highest BCUT2D eigenvalue weighted by Crippen LogP contribution is 2.23. The van der Waals surface area contributed by atoms with Crippen molar-refractivity contribution in [2.75, 3.05) is 5.32 Å². The average Bonchev–Trinajstić information content (AvgIpc) is 2.83. The van der Waals surface area contributed by atoms with Crippen LogP contribution in [0.15, 0.2) is 76.3 Å². The van der Waals surface area contributed by atoms with Crippen LogP contribution in [-0.2, 0) is 11.3 Å². The maximum absolute atomic E-state index is 13.4. The van der Waals surface area contributed by atoms with Crippen LogP contribution in [0.1, 0.15) is 30.5 Å². The minimum absolute atomic E-state index is 0.00480. The summed E-state index contributed by atoms with van der Waals surface area (Å²) in [6.07, 6.45) is -0.407. The summed E-state index contributed by atoms with van der Waals surface area (Å²) in [6.45, 7) is 3.52. The number of nitrogens with one attached hydrogen (secondary N) is 1. The minimum atomic E-state index is -1.14. The molecule has 4 aromatic rings. The molecule has 0 saturated heterocycles. The zero-order chi connectivity index (χ0) is 26.5. The topological polar surface area (TPSA) is 128 Å². The van der Waals surface area contributed by atoms with Gasteiger partial charge in [0.25, 0.3) is 0 Å². The molecule has 0 aliphatic carbocycles. The summed E-state index contributed by atoms with van der Waals surface area (Å²) in [5.41, 5.74) is 0.788. The fraction of sp³-hybridized carbons (Fsp3) is 0.192. The van der Waals surface area contributed by atoms with Crippen LogP contribution in [0.4, 0.5) is 16.0 Å². The van der Waals surface area contributed by atoms with Gasteiger partial charge in [0.1, 0.15) is 5.75 Å². The number of carboxylic acids is 1. The van der Waals surface area contributed by atoms with Crippen molar-refractivity contribution in [3.8, 4) is 11.6 Å². The molecule has 0 bridgehead atoms. The summed E-state index contributed by atoms with van der Waals surface area (Å²) >= 11 is 0. The molecule has 0 aliphatic rings. The van der Waals surface area contributed by atoms with E-state index < -0.39 is 35.8 Å². The molecule has 4 rings (SSSR count). The normalized spacial score (nSPS) is 11.6. The van der Waals surface area contributed by atoms with Crippen molar-refractivity contribution in [2.24, 2.45) is 0 Å². The van der Waals surface area contributed by atoms with Crippen molar-refractivity contribution in [3.05, 3.63) is 105 Å². The van der Waals surface area contributed by atoms with Crippen LogP contribution >= 0.6 is 0 Å². The lowest BCUT2D eigenvalue weighted by molar-refractivity contribution is -0.137. The van der Waals surface area contributed by atoms with E-state index in [1.165, 1.54) is 29.7 Å². The first-order chi connectivity index (χ1) is 17.7. The highest BCUT2D eigenvalue weighted by molar-refractivity contribution is 5.67. The van der Waals surface area contributed by atoms with Gasteiger partial charge in [-0.15, -0.1) is 0 Å². The molecule has 37 heavy (non-hydrogen) atoms. The van der Waals surface area contributed by atoms with E-state index in [0.717, 1.165) is 15.7 Å². The number of carboxylic acid groups (broad SMARTS) is 1. The Labute approximate surface area is 210 Å². The fourth-order valence-corrected chi connectivity index (χ4v) is 3.64. The van der Waals surface area contributed by atoms with Gasteiger partial charge in [-0.3, -0.25) is 9.36 Å². The number of anilines is 2. The molecule has 2 N–H and O–H groups in total. The van der Waals surface area contributed by atoms with Gasteiger partial charge in [0.15, 0.2) is 0 Å². The number of halogens is 1. The Morgan fingerprint density at radius 3 is 2.41 bits per heavy atom. The Morgan fingerprint density at radius 2 is 1.76 bits per heavy atom. The van der Waals surface area contributed by atoms with E-state index in [2.05, 4.69) is 15.3 Å². The first-order valence-electron chi connectivity index (χ1n) is 11.4. The Hall–Kier alpha value is -4.80. The van der Waals surface area contributed by atoms with E-state index in [1.54, 1.807) is 24.3 Å². The number of hydrogen-bond acceptors (Lipinski definition) is 7. The van der Waals surface area contributed by atoms with Gasteiger partial charge in [-0.2, -0.15) is 14.4 Å². The van der Waals surface area contributed by atoms with E-state index in [-0.39, 0.29) is 18.4 Å². The van der Waals surface area contributed by atoms with E-state index in [0.29, 0.717) is 11.4 Å². The molecule has 10 nitrogen and oxygen atoms in total. The number of rotatable bonds is 9. The first-order valence-corrected chi connectivity index (χ1v) is 11.4. The molecule has 0 spiro atoms. The van der Waals surface area contributed by atoms with Crippen molar-refractivity contribution >= 4 is 17.6 Å². The number of hydrogen-bond donors (Lipinski definition) is 2. The third-order valence-electron chi connectivity index (χ3n) is 5.49. The monoisotopic (exact) mass is 505 g/mol. The van der Waals surface area contributed by atoms with E-state index in [1.807, 2.05) is 31.2 Å². The molecule has 190 valence electrons. The molecule has 2 heterocycles. The quantitative estimate of drug-likeness (QED) is 0.328. The molecule has 2 aromatic carbocycles. The lowest BCUT2D eigenvalue weighted by Crippen LogP contribution is -2.44. The van der Waals surface area contributed by atoms with Crippen LogP contribution < -0.4 is 21.4 Å². The van der Waals surface area contributed by atoms with E-state index in [9.17, 15) is 18.8 Å². The minimum Gasteiger partial charge on any atom is -0.481 e. The van der Waals surface area contributed by atoms with Crippen molar-refractivity contribution in [3.63, 3.8) is 0 Å². The predicted molar refractivity (Wildman–Crippen MR) is 134 cm³/mol. The van der Waals surface area contributed by atoms with Gasteiger partial charge in [-0.05, 0) is 49.7 Å². The second-order valence-corrected chi connectivity index (χ2v) is 8.44. The van der Waals surface area contributed by atoms with Crippen LogP contribution in [0, 0.1) is 12.9 Å². The van der Waals surface area contributed by atoms with Gasteiger partial charge in [-0.25, -0.2) is 14.2 Å². The Bertz CT molecular complexity index is 1530. The van der Waals surface area contributed by atoms with Gasteiger partial charge in [-0.1, -0.05) is 35.9 Å². The van der Waals surface area contributed by atoms with Crippen molar-refractivity contribution in [2.45, 2.75) is 32.9 Å². The zero-order valence-corrected chi connectivity index (χ0v) is 20.1. The van der Waals surface area contributed by atoms with Crippen LogP contribution in [0.25, 0.3) is 0 Å². The molecule has 11 heteroatoms. The number of carbonyl (C=O) groups is 1. The second-order valence-electron chi connectivity index (χ2n) is 8.44. The number of nitrogens with zero attached hydrogens (tertiary/aromatic N) is 4. The number of aryl methyl sites for hydroxylation is 1. The summed E-state index contributed by atoms with van der Waals surface area (Å²) in [5.74, 6) is -1.32. The summed E-state index contributed by atoms with van der Waals surface area (Å²) in [7, 11) is 0. The van der Waals surface area contributed by atoms with Gasteiger partial charge in [0.05, 0.1) is 19.0 Å². The van der Waals surface area contributed by atoms with Crippen LogP contribution in [0.3, 0.4) is 0 Å². The first kappa shape index (κ1) is 25.3. The van der Waals surface area contributed by atoms with E-state index in [4.69, 9.17) is 9.84 Å². The Kier molecular flexibility index (Phi) is 7.42. The number of benzene rings is 2. The van der Waals surface area contributed by atoms with Gasteiger partial charge in [0, 0.05) is 11.8 Å². The molecule has 0 unspecified atom stereocenters. The predicted octanol–water partition coefficient (Wildman–Crippen LogP) is 3.87. The average molecular weight is 506 g/mol. The molecule has 2 aromatic heterocycles. The summed E-state index contributed by atoms with van der Waals surface area (Å²) in [5, 5.41) is 12.1. The summed E-state index contributed by atoms with van der Waals surface area (Å²) in [4.78, 5) is 45.0. The number of aliphatic carboxylic acids is 1. The SMILES string of the molecule is Cc1ccc(Cn2c(Nc3ccc(Oc4cccc(F)n4)cc3)nc(=O)n([C@H](C)CC(=O)O)c2=O)cc1. The molecular formula is C26H24FN5O5. The zero-order valence-electron chi connectivity index (χ0n) is 20.1. The molecule has 0 saturated carbocycles. The third-order valence-corrected chi connectivity index (χ3v) is 5.49. The van der Waals surface area contributed by atoms with Crippen LogP contribution in [-0.4, -0.2) is 30.2 Å². The number of ether oxygens (including phenoxy) is 1. The van der Waals surface area contributed by atoms with E-state index >= 15 is 0 Å². The maximum atomic E-state index is 13.4. The highest BCUT2D eigenvalue weighted by Gasteiger charge is 2.20. The largest absolute Gasteiger partial charge is 0.481 e. The molecule has 0 radical (unpaired) electrons. The van der Waals surface area contributed by atoms with Crippen molar-refractivity contribution in [1.29, 1.82) is 0 Å². The lowest BCUT2D eigenvalue weighted by Gasteiger charge is -2.18. The second kappa shape index (κ2) is 10.9. The van der Waals surface area contributed by atoms with Gasteiger partial charge < -0.3 is 15.2 Å². The maximum Gasteiger partial charge on any atom is 0.355 e. The van der Waals surface area contributed by atoms with Gasteiger partial charge in [0.2, 0.25) is 17.8 Å². The lowest BCUT2D eigenvalue weighted by atomic mass is 10.1.